The van der Waals surface area contributed by atoms with Gasteiger partial charge in [-0.25, -0.2) is 0 Å². The molecule has 1 atom stereocenters. The average Bonchev–Trinajstić information content (AvgIpc) is 2.69. The molecule has 4 heteroatoms. The number of halogens is 1. The van der Waals surface area contributed by atoms with Gasteiger partial charge in [0.15, 0.2) is 0 Å². The highest BCUT2D eigenvalue weighted by molar-refractivity contribution is 6.30. The van der Waals surface area contributed by atoms with Crippen LogP contribution in [0.25, 0.3) is 11.3 Å². The van der Waals surface area contributed by atoms with Gasteiger partial charge in [-0.2, -0.15) is 0 Å². The van der Waals surface area contributed by atoms with Gasteiger partial charge < -0.3 is 4.74 Å². The van der Waals surface area contributed by atoms with Crippen LogP contribution in [0.4, 0.5) is 0 Å². The highest BCUT2D eigenvalue weighted by atomic mass is 35.5. The van der Waals surface area contributed by atoms with E-state index in [2.05, 4.69) is 29.2 Å². The molecule has 1 aromatic carbocycles. The molecule has 2 aliphatic heterocycles. The number of rotatable bonds is 3. The molecule has 0 radical (unpaired) electrons. The highest BCUT2D eigenvalue weighted by Gasteiger charge is 2.28. The predicted octanol–water partition coefficient (Wildman–Crippen LogP) is 4.76. The molecule has 0 spiro atoms. The molecule has 0 saturated carbocycles. The topological polar surface area (TPSA) is 25.4 Å². The Kier molecular flexibility index (Phi) is 5.35. The third kappa shape index (κ3) is 4.05. The maximum absolute atomic E-state index is 6.14. The van der Waals surface area contributed by atoms with Gasteiger partial charge in [0.25, 0.3) is 0 Å². The van der Waals surface area contributed by atoms with Crippen molar-refractivity contribution in [2.75, 3.05) is 26.3 Å². The molecule has 2 fully saturated rings. The van der Waals surface area contributed by atoms with Gasteiger partial charge in [0.1, 0.15) is 0 Å². The van der Waals surface area contributed by atoms with E-state index < -0.39 is 0 Å². The maximum Gasteiger partial charge on any atom is 0.0705 e. The van der Waals surface area contributed by atoms with E-state index >= 15 is 0 Å². The summed E-state index contributed by atoms with van der Waals surface area (Å²) in [5.74, 6) is 0.524. The second kappa shape index (κ2) is 7.86. The first kappa shape index (κ1) is 17.0. The van der Waals surface area contributed by atoms with Gasteiger partial charge in [0.05, 0.1) is 5.69 Å². The van der Waals surface area contributed by atoms with Gasteiger partial charge >= 0.3 is 0 Å². The van der Waals surface area contributed by atoms with Crippen molar-refractivity contribution in [3.63, 3.8) is 0 Å². The molecule has 4 rings (SSSR count). The molecule has 0 bridgehead atoms. The van der Waals surface area contributed by atoms with Crippen molar-refractivity contribution in [1.29, 1.82) is 0 Å². The molecule has 0 unspecified atom stereocenters. The molecule has 3 nitrogen and oxygen atoms in total. The van der Waals surface area contributed by atoms with Gasteiger partial charge in [-0.1, -0.05) is 29.8 Å². The van der Waals surface area contributed by atoms with Crippen LogP contribution in [-0.4, -0.2) is 42.2 Å². The lowest BCUT2D eigenvalue weighted by molar-refractivity contribution is 0.0238. The van der Waals surface area contributed by atoms with Crippen LogP contribution in [0.15, 0.2) is 42.5 Å². The first-order valence-corrected chi connectivity index (χ1v) is 9.72. The van der Waals surface area contributed by atoms with Gasteiger partial charge in [-0.3, -0.25) is 9.88 Å². The lowest BCUT2D eigenvalue weighted by atomic mass is 9.91. The Hall–Kier alpha value is -1.42. The van der Waals surface area contributed by atoms with Crippen LogP contribution < -0.4 is 0 Å². The van der Waals surface area contributed by atoms with E-state index in [1.54, 1.807) is 0 Å². The van der Waals surface area contributed by atoms with Crippen molar-refractivity contribution in [2.45, 2.75) is 37.6 Å². The summed E-state index contributed by atoms with van der Waals surface area (Å²) in [7, 11) is 0. The predicted molar refractivity (Wildman–Crippen MR) is 102 cm³/mol. The Morgan fingerprint density at radius 3 is 2.72 bits per heavy atom. The zero-order chi connectivity index (χ0) is 17.1. The summed E-state index contributed by atoms with van der Waals surface area (Å²) in [4.78, 5) is 7.65. The van der Waals surface area contributed by atoms with E-state index in [-0.39, 0.29) is 0 Å². The van der Waals surface area contributed by atoms with Gasteiger partial charge in [-0.05, 0) is 56.5 Å². The fraction of sp³-hybridized carbons (Fsp3) is 0.476. The molecule has 132 valence electrons. The fourth-order valence-electron chi connectivity index (χ4n) is 4.12. The standard InChI is InChI=1S/C21H25ClN2O/c22-18-6-1-4-16(14-18)20-7-2-8-21(23-20)17-5-3-11-24(15-17)19-9-12-25-13-10-19/h1-2,4,6-8,14,17,19H,3,5,9-13,15H2/t17-/m1/s1. The number of hydrogen-bond donors (Lipinski definition) is 0. The lowest BCUT2D eigenvalue weighted by Gasteiger charge is -2.39. The average molecular weight is 357 g/mol. The van der Waals surface area contributed by atoms with Crippen LogP contribution in [-0.2, 0) is 4.74 Å². The van der Waals surface area contributed by atoms with E-state index in [9.17, 15) is 0 Å². The normalized spacial score (nSPS) is 22.8. The molecule has 2 saturated heterocycles. The number of likely N-dealkylation sites (tertiary alicyclic amines) is 1. The van der Waals surface area contributed by atoms with E-state index in [0.29, 0.717) is 12.0 Å². The molecule has 0 aliphatic carbocycles. The minimum absolute atomic E-state index is 0.524. The van der Waals surface area contributed by atoms with Crippen LogP contribution in [0.3, 0.4) is 0 Å². The molecular weight excluding hydrogens is 332 g/mol. The number of hydrogen-bond acceptors (Lipinski definition) is 3. The number of ether oxygens (including phenoxy) is 1. The second-order valence-corrected chi connectivity index (χ2v) is 7.57. The van der Waals surface area contributed by atoms with Crippen LogP contribution >= 0.6 is 11.6 Å². The summed E-state index contributed by atoms with van der Waals surface area (Å²) in [6.07, 6.45) is 4.82. The summed E-state index contributed by atoms with van der Waals surface area (Å²) in [6, 6.07) is 15.0. The second-order valence-electron chi connectivity index (χ2n) is 7.14. The monoisotopic (exact) mass is 356 g/mol. The Balaban J connectivity index is 1.52. The molecule has 2 aromatic rings. The number of benzene rings is 1. The Bertz CT molecular complexity index is 715. The summed E-state index contributed by atoms with van der Waals surface area (Å²) in [6.45, 7) is 4.16. The smallest absolute Gasteiger partial charge is 0.0705 e. The Morgan fingerprint density at radius 2 is 1.88 bits per heavy atom. The molecule has 2 aliphatic rings. The Labute approximate surface area is 155 Å². The van der Waals surface area contributed by atoms with Crippen molar-refractivity contribution in [3.05, 3.63) is 53.2 Å². The zero-order valence-corrected chi connectivity index (χ0v) is 15.3. The van der Waals surface area contributed by atoms with Crippen LogP contribution in [0.2, 0.25) is 5.02 Å². The molecule has 1 aromatic heterocycles. The first-order chi connectivity index (χ1) is 12.3. The van der Waals surface area contributed by atoms with E-state index in [0.717, 1.165) is 36.0 Å². The molecule has 3 heterocycles. The van der Waals surface area contributed by atoms with Crippen molar-refractivity contribution in [1.82, 2.24) is 9.88 Å². The first-order valence-electron chi connectivity index (χ1n) is 9.34. The molecular formula is C21H25ClN2O. The highest BCUT2D eigenvalue weighted by Crippen LogP contribution is 2.30. The number of nitrogens with zero attached hydrogens (tertiary/aromatic N) is 2. The van der Waals surface area contributed by atoms with Crippen molar-refractivity contribution < 1.29 is 4.74 Å². The largest absolute Gasteiger partial charge is 0.381 e. The van der Waals surface area contributed by atoms with Crippen molar-refractivity contribution in [2.24, 2.45) is 0 Å². The Morgan fingerprint density at radius 1 is 1.04 bits per heavy atom. The van der Waals surface area contributed by atoms with E-state index in [4.69, 9.17) is 21.3 Å². The molecule has 0 N–H and O–H groups in total. The third-order valence-corrected chi connectivity index (χ3v) is 5.70. The van der Waals surface area contributed by atoms with Crippen LogP contribution in [0, 0.1) is 0 Å². The van der Waals surface area contributed by atoms with Gasteiger partial charge in [-0.15, -0.1) is 0 Å². The summed E-state index contributed by atoms with van der Waals surface area (Å²) >= 11 is 6.14. The number of aromatic nitrogens is 1. The molecule has 0 amide bonds. The van der Waals surface area contributed by atoms with Crippen molar-refractivity contribution in [3.8, 4) is 11.3 Å². The zero-order valence-electron chi connectivity index (χ0n) is 14.5. The summed E-state index contributed by atoms with van der Waals surface area (Å²) in [5, 5.41) is 0.757. The quantitative estimate of drug-likeness (QED) is 0.792. The molecule has 25 heavy (non-hydrogen) atoms. The minimum atomic E-state index is 0.524. The van der Waals surface area contributed by atoms with Crippen LogP contribution in [0.1, 0.15) is 37.3 Å². The lowest BCUT2D eigenvalue weighted by Crippen LogP contribution is -2.44. The van der Waals surface area contributed by atoms with Gasteiger partial charge in [0.2, 0.25) is 0 Å². The summed E-state index contributed by atoms with van der Waals surface area (Å²) < 4.78 is 5.53. The minimum Gasteiger partial charge on any atom is -0.381 e. The van der Waals surface area contributed by atoms with E-state index in [1.165, 1.54) is 37.9 Å². The number of pyridine rings is 1. The van der Waals surface area contributed by atoms with Gasteiger partial charge in [0, 0.05) is 48.0 Å². The van der Waals surface area contributed by atoms with Crippen LogP contribution in [0.5, 0.6) is 0 Å². The summed E-state index contributed by atoms with van der Waals surface area (Å²) in [5.41, 5.74) is 3.32. The van der Waals surface area contributed by atoms with E-state index in [1.807, 2.05) is 18.2 Å². The fourth-order valence-corrected chi connectivity index (χ4v) is 4.31. The third-order valence-electron chi connectivity index (χ3n) is 5.47. The van der Waals surface area contributed by atoms with Crippen molar-refractivity contribution >= 4 is 11.6 Å². The number of piperidine rings is 1. The maximum atomic E-state index is 6.14. The SMILES string of the molecule is Clc1cccc(-c2cccc([C@@H]3CCCN(C4CCOCC4)C3)n2)c1.